The topological polar surface area (TPSA) is 83.8 Å². The van der Waals surface area contributed by atoms with E-state index in [0.717, 1.165) is 0 Å². The van der Waals surface area contributed by atoms with Crippen LogP contribution >= 0.6 is 0 Å². The minimum absolute atomic E-state index is 0.0978. The van der Waals surface area contributed by atoms with E-state index >= 15 is 0 Å². The molecule has 1 aromatic rings. The molecule has 80 valence electrons. The Hall–Kier alpha value is -1.52. The maximum absolute atomic E-state index is 11.8. The van der Waals surface area contributed by atoms with Crippen LogP contribution < -0.4 is 11.1 Å². The van der Waals surface area contributed by atoms with E-state index in [1.165, 1.54) is 25.5 Å². The molecule has 2 atom stereocenters. The summed E-state index contributed by atoms with van der Waals surface area (Å²) >= 11 is 0. The molecule has 2 fully saturated rings. The van der Waals surface area contributed by atoms with Crippen molar-refractivity contribution in [2.45, 2.75) is 19.3 Å². The highest BCUT2D eigenvalue weighted by Crippen LogP contribution is 2.57. The molecule has 3 rings (SSSR count). The number of nitrogen functional groups attached to an aromatic ring is 1. The predicted octanol–water partition coefficient (Wildman–Crippen LogP) is 0.976. The molecular weight excluding hydrogens is 192 g/mol. The highest BCUT2D eigenvalue weighted by molar-refractivity contribution is 5.96. The van der Waals surface area contributed by atoms with Crippen LogP contribution in [-0.2, 0) is 4.79 Å². The molecule has 5 heteroatoms. The van der Waals surface area contributed by atoms with E-state index in [9.17, 15) is 4.79 Å². The summed E-state index contributed by atoms with van der Waals surface area (Å²) in [7, 11) is 0. The van der Waals surface area contributed by atoms with Crippen LogP contribution in [0.2, 0.25) is 0 Å². The second-order valence-corrected chi connectivity index (χ2v) is 4.47. The molecule has 4 N–H and O–H groups in total. The summed E-state index contributed by atoms with van der Waals surface area (Å²) in [6, 6.07) is 0. The summed E-state index contributed by atoms with van der Waals surface area (Å²) < 4.78 is 0. The number of aromatic amines is 1. The molecule has 1 heterocycles. The fourth-order valence-electron chi connectivity index (χ4n) is 2.81. The second kappa shape index (κ2) is 2.98. The van der Waals surface area contributed by atoms with Crippen molar-refractivity contribution < 1.29 is 4.79 Å². The largest absolute Gasteiger partial charge is 0.394 e. The van der Waals surface area contributed by atoms with Gasteiger partial charge in [0.15, 0.2) is 5.82 Å². The summed E-state index contributed by atoms with van der Waals surface area (Å²) in [4.78, 5) is 11.8. The van der Waals surface area contributed by atoms with E-state index in [0.29, 0.717) is 23.3 Å². The predicted molar refractivity (Wildman–Crippen MR) is 56.0 cm³/mol. The Morgan fingerprint density at radius 3 is 2.87 bits per heavy atom. The van der Waals surface area contributed by atoms with Gasteiger partial charge in [-0.3, -0.25) is 9.89 Å². The van der Waals surface area contributed by atoms with E-state index < -0.39 is 0 Å². The van der Waals surface area contributed by atoms with Gasteiger partial charge in [0.1, 0.15) is 0 Å². The van der Waals surface area contributed by atoms with Gasteiger partial charge in [-0.15, -0.1) is 0 Å². The van der Waals surface area contributed by atoms with Crippen LogP contribution in [0.25, 0.3) is 0 Å². The Morgan fingerprint density at radius 2 is 2.27 bits per heavy atom. The molecule has 0 aromatic carbocycles. The van der Waals surface area contributed by atoms with Crippen molar-refractivity contribution in [3.8, 4) is 0 Å². The van der Waals surface area contributed by atoms with E-state index in [1.54, 1.807) is 0 Å². The number of nitrogens with zero attached hydrogens (tertiary/aromatic N) is 1. The van der Waals surface area contributed by atoms with E-state index in [4.69, 9.17) is 5.73 Å². The number of carbonyl (C=O) groups is 1. The Balaban J connectivity index is 1.65. The zero-order chi connectivity index (χ0) is 10.4. The van der Waals surface area contributed by atoms with Gasteiger partial charge in [-0.2, -0.15) is 5.10 Å². The van der Waals surface area contributed by atoms with Gasteiger partial charge in [0.2, 0.25) is 5.91 Å². The molecule has 0 bridgehead atoms. The number of H-pyrrole nitrogens is 1. The fourth-order valence-corrected chi connectivity index (χ4v) is 2.81. The molecule has 2 unspecified atom stereocenters. The van der Waals surface area contributed by atoms with Crippen molar-refractivity contribution in [2.75, 3.05) is 11.1 Å². The van der Waals surface area contributed by atoms with Crippen LogP contribution in [0.4, 0.5) is 11.5 Å². The molecule has 2 aliphatic rings. The number of nitrogens with one attached hydrogen (secondary N) is 2. The first-order chi connectivity index (χ1) is 7.27. The fraction of sp³-hybridized carbons (Fsp3) is 0.600. The molecule has 5 nitrogen and oxygen atoms in total. The van der Waals surface area contributed by atoms with Crippen molar-refractivity contribution in [3.05, 3.63) is 6.20 Å². The summed E-state index contributed by atoms with van der Waals surface area (Å²) in [6.45, 7) is 0. The number of rotatable bonds is 2. The summed E-state index contributed by atoms with van der Waals surface area (Å²) in [5.41, 5.74) is 6.11. The number of amides is 1. The normalized spacial score (nSPS) is 32.4. The molecule has 2 aliphatic carbocycles. The quantitative estimate of drug-likeness (QED) is 0.674. The smallest absolute Gasteiger partial charge is 0.229 e. The number of carbonyl (C=O) groups excluding carboxylic acids is 1. The first kappa shape index (κ1) is 8.76. The Labute approximate surface area is 87.4 Å². The lowest BCUT2D eigenvalue weighted by Crippen LogP contribution is -2.17. The van der Waals surface area contributed by atoms with Gasteiger partial charge in [-0.05, 0) is 24.7 Å². The van der Waals surface area contributed by atoms with Gasteiger partial charge in [0, 0.05) is 5.92 Å². The first-order valence-corrected chi connectivity index (χ1v) is 5.37. The minimum Gasteiger partial charge on any atom is -0.394 e. The molecule has 0 aliphatic heterocycles. The van der Waals surface area contributed by atoms with Crippen LogP contribution in [0.1, 0.15) is 19.3 Å². The number of aromatic nitrogens is 2. The van der Waals surface area contributed by atoms with Crippen molar-refractivity contribution in [1.82, 2.24) is 10.2 Å². The third-order valence-electron chi connectivity index (χ3n) is 3.63. The lowest BCUT2D eigenvalue weighted by Gasteiger charge is -2.04. The van der Waals surface area contributed by atoms with Crippen LogP contribution in [0.5, 0.6) is 0 Å². The van der Waals surface area contributed by atoms with Crippen LogP contribution in [-0.4, -0.2) is 16.1 Å². The minimum atomic E-state index is 0.0978. The first-order valence-electron chi connectivity index (χ1n) is 5.37. The standard InChI is InChI=1S/C10H14N4O/c11-7-4-12-14-9(7)13-10(15)8-5-2-1-3-6(5)8/h4-6,8H,1-3,11H2,(H2,12,13,14,15). The van der Waals surface area contributed by atoms with E-state index in [2.05, 4.69) is 15.5 Å². The van der Waals surface area contributed by atoms with Crippen molar-refractivity contribution in [3.63, 3.8) is 0 Å². The highest BCUT2D eigenvalue weighted by atomic mass is 16.2. The SMILES string of the molecule is Nc1cn[nH]c1NC(=O)C1C2CCCC21. The summed E-state index contributed by atoms with van der Waals surface area (Å²) in [6.07, 6.45) is 5.21. The molecule has 1 amide bonds. The van der Waals surface area contributed by atoms with Crippen molar-refractivity contribution >= 4 is 17.4 Å². The lowest BCUT2D eigenvalue weighted by atomic mass is 10.1. The molecule has 0 spiro atoms. The number of nitrogens with two attached hydrogens (primary N) is 1. The Kier molecular flexibility index (Phi) is 1.74. The number of hydrogen-bond donors (Lipinski definition) is 3. The van der Waals surface area contributed by atoms with Crippen LogP contribution in [0, 0.1) is 17.8 Å². The highest BCUT2D eigenvalue weighted by Gasteiger charge is 2.56. The second-order valence-electron chi connectivity index (χ2n) is 4.47. The molecule has 15 heavy (non-hydrogen) atoms. The van der Waals surface area contributed by atoms with Gasteiger partial charge in [0.05, 0.1) is 11.9 Å². The zero-order valence-corrected chi connectivity index (χ0v) is 8.36. The van der Waals surface area contributed by atoms with Gasteiger partial charge in [-0.1, -0.05) is 6.42 Å². The van der Waals surface area contributed by atoms with Gasteiger partial charge >= 0.3 is 0 Å². The summed E-state index contributed by atoms with van der Waals surface area (Å²) in [5, 5.41) is 9.24. The maximum Gasteiger partial charge on any atom is 0.229 e. The third kappa shape index (κ3) is 1.30. The molecule has 1 aromatic heterocycles. The molecular formula is C10H14N4O. The van der Waals surface area contributed by atoms with Crippen LogP contribution in [0.15, 0.2) is 6.20 Å². The van der Waals surface area contributed by atoms with Crippen molar-refractivity contribution in [2.24, 2.45) is 17.8 Å². The lowest BCUT2D eigenvalue weighted by molar-refractivity contribution is -0.118. The van der Waals surface area contributed by atoms with Gasteiger partial charge in [0.25, 0.3) is 0 Å². The molecule has 0 saturated heterocycles. The number of anilines is 2. The van der Waals surface area contributed by atoms with E-state index in [-0.39, 0.29) is 11.8 Å². The Morgan fingerprint density at radius 1 is 1.53 bits per heavy atom. The zero-order valence-electron chi connectivity index (χ0n) is 8.36. The van der Waals surface area contributed by atoms with E-state index in [1.807, 2.05) is 0 Å². The molecule has 0 radical (unpaired) electrons. The van der Waals surface area contributed by atoms with Gasteiger partial charge < -0.3 is 11.1 Å². The number of fused-ring (bicyclic) bond motifs is 1. The third-order valence-corrected chi connectivity index (χ3v) is 3.63. The Bertz CT molecular complexity index is 390. The van der Waals surface area contributed by atoms with Crippen LogP contribution in [0.3, 0.4) is 0 Å². The van der Waals surface area contributed by atoms with Crippen molar-refractivity contribution in [1.29, 1.82) is 0 Å². The summed E-state index contributed by atoms with van der Waals surface area (Å²) in [5.74, 6) is 2.12. The number of hydrogen-bond acceptors (Lipinski definition) is 3. The maximum atomic E-state index is 11.8. The average Bonchev–Trinajstić information content (AvgIpc) is 2.60. The monoisotopic (exact) mass is 206 g/mol. The average molecular weight is 206 g/mol. The molecule has 2 saturated carbocycles. The van der Waals surface area contributed by atoms with Gasteiger partial charge in [-0.25, -0.2) is 0 Å².